The Bertz CT molecular complexity index is 1020. The van der Waals surface area contributed by atoms with E-state index < -0.39 is 12.6 Å². The van der Waals surface area contributed by atoms with Crippen LogP contribution in [0.4, 0.5) is 0 Å². The van der Waals surface area contributed by atoms with Crippen LogP contribution in [0.1, 0.15) is 12.5 Å². The first kappa shape index (κ1) is 18.0. The van der Waals surface area contributed by atoms with Crippen molar-refractivity contribution in [3.05, 3.63) is 63.3 Å². The summed E-state index contributed by atoms with van der Waals surface area (Å²) in [6.07, 6.45) is 0. The Labute approximate surface area is 155 Å². The van der Waals surface area contributed by atoms with E-state index in [9.17, 15) is 9.59 Å². The minimum Gasteiger partial charge on any atom is -0.474 e. The lowest BCUT2D eigenvalue weighted by Gasteiger charge is -2.12. The summed E-state index contributed by atoms with van der Waals surface area (Å²) in [5, 5.41) is 0.772. The maximum Gasteiger partial charge on any atom is 0.344 e. The number of ether oxygens (including phenoxy) is 2. The summed E-state index contributed by atoms with van der Waals surface area (Å²) in [5.74, 6) is -0.452. The number of hydrogen-bond acceptors (Lipinski definition) is 5. The number of hydrogen-bond donors (Lipinski definition) is 0. The third kappa shape index (κ3) is 3.58. The summed E-state index contributed by atoms with van der Waals surface area (Å²) >= 11 is 6.27. The molecular formula is C20H17ClO5. The third-order valence-electron chi connectivity index (χ3n) is 3.76. The minimum absolute atomic E-state index is 0.0671. The van der Waals surface area contributed by atoms with Gasteiger partial charge < -0.3 is 13.9 Å². The first-order chi connectivity index (χ1) is 12.5. The highest BCUT2D eigenvalue weighted by Crippen LogP contribution is 2.35. The molecule has 6 heteroatoms. The van der Waals surface area contributed by atoms with Gasteiger partial charge in [0.05, 0.1) is 17.0 Å². The molecule has 0 amide bonds. The standard InChI is InChI=1S/C20H17ClO5/c1-3-24-17(22)11-25-20-18(23)14-9-8-12(2)10-16(14)26-19(20)13-6-4-5-7-15(13)21/h4-10H,3,11H2,1-2H3. The lowest BCUT2D eigenvalue weighted by molar-refractivity contribution is -0.145. The normalized spacial score (nSPS) is 10.7. The van der Waals surface area contributed by atoms with E-state index in [-0.39, 0.29) is 23.5 Å². The molecule has 0 atom stereocenters. The molecule has 0 bridgehead atoms. The van der Waals surface area contributed by atoms with Crippen LogP contribution >= 0.6 is 11.6 Å². The van der Waals surface area contributed by atoms with Gasteiger partial charge in [-0.1, -0.05) is 29.8 Å². The largest absolute Gasteiger partial charge is 0.474 e. The summed E-state index contributed by atoms with van der Waals surface area (Å²) in [4.78, 5) is 24.6. The van der Waals surface area contributed by atoms with Gasteiger partial charge in [-0.3, -0.25) is 4.79 Å². The maximum absolute atomic E-state index is 12.9. The van der Waals surface area contributed by atoms with Crippen LogP contribution in [-0.4, -0.2) is 19.2 Å². The maximum atomic E-state index is 12.9. The summed E-state index contributed by atoms with van der Waals surface area (Å²) in [6, 6.07) is 12.2. The second kappa shape index (κ2) is 7.62. The van der Waals surface area contributed by atoms with Crippen molar-refractivity contribution in [1.82, 2.24) is 0 Å². The van der Waals surface area contributed by atoms with E-state index in [2.05, 4.69) is 0 Å². The Hall–Kier alpha value is -2.79. The number of aryl methyl sites for hydroxylation is 1. The number of carbonyl (C=O) groups is 1. The van der Waals surface area contributed by atoms with Crippen molar-refractivity contribution in [1.29, 1.82) is 0 Å². The molecule has 26 heavy (non-hydrogen) atoms. The monoisotopic (exact) mass is 372 g/mol. The van der Waals surface area contributed by atoms with Gasteiger partial charge >= 0.3 is 5.97 Å². The first-order valence-corrected chi connectivity index (χ1v) is 8.50. The highest BCUT2D eigenvalue weighted by atomic mass is 35.5. The van der Waals surface area contributed by atoms with Gasteiger partial charge in [-0.25, -0.2) is 4.79 Å². The summed E-state index contributed by atoms with van der Waals surface area (Å²) in [7, 11) is 0. The van der Waals surface area contributed by atoms with Crippen LogP contribution in [0, 0.1) is 6.92 Å². The van der Waals surface area contributed by atoms with Gasteiger partial charge in [-0.2, -0.15) is 0 Å². The molecule has 0 saturated heterocycles. The number of fused-ring (bicyclic) bond motifs is 1. The zero-order valence-corrected chi connectivity index (χ0v) is 15.1. The molecule has 0 N–H and O–H groups in total. The van der Waals surface area contributed by atoms with Crippen LogP contribution in [-0.2, 0) is 9.53 Å². The number of benzene rings is 2. The first-order valence-electron chi connectivity index (χ1n) is 8.12. The van der Waals surface area contributed by atoms with Crippen LogP contribution in [0.2, 0.25) is 5.02 Å². The van der Waals surface area contributed by atoms with Gasteiger partial charge in [-0.05, 0) is 43.7 Å². The third-order valence-corrected chi connectivity index (χ3v) is 4.09. The van der Waals surface area contributed by atoms with Crippen molar-refractivity contribution in [2.24, 2.45) is 0 Å². The zero-order chi connectivity index (χ0) is 18.7. The van der Waals surface area contributed by atoms with Crippen LogP contribution in [0.15, 0.2) is 51.7 Å². The zero-order valence-electron chi connectivity index (χ0n) is 14.4. The molecular weight excluding hydrogens is 356 g/mol. The van der Waals surface area contributed by atoms with Gasteiger partial charge in [0.15, 0.2) is 12.4 Å². The smallest absolute Gasteiger partial charge is 0.344 e. The fourth-order valence-electron chi connectivity index (χ4n) is 2.57. The van der Waals surface area contributed by atoms with Gasteiger partial charge in [0, 0.05) is 5.56 Å². The molecule has 3 rings (SSSR count). The van der Waals surface area contributed by atoms with E-state index in [1.54, 1.807) is 43.3 Å². The van der Waals surface area contributed by atoms with Crippen LogP contribution in [0.3, 0.4) is 0 Å². The molecule has 0 saturated carbocycles. The molecule has 0 aliphatic rings. The molecule has 0 radical (unpaired) electrons. The predicted octanol–water partition coefficient (Wildman–Crippen LogP) is 4.36. The number of esters is 1. The fraction of sp³-hybridized carbons (Fsp3) is 0.200. The van der Waals surface area contributed by atoms with Crippen molar-refractivity contribution in [3.8, 4) is 17.1 Å². The Morgan fingerprint density at radius 1 is 1.19 bits per heavy atom. The molecule has 0 unspecified atom stereocenters. The molecule has 0 fully saturated rings. The quantitative estimate of drug-likeness (QED) is 0.622. The molecule has 2 aromatic carbocycles. The lowest BCUT2D eigenvalue weighted by Crippen LogP contribution is -2.18. The van der Waals surface area contributed by atoms with E-state index in [1.807, 2.05) is 13.0 Å². The average molecular weight is 373 g/mol. The number of halogens is 1. The Morgan fingerprint density at radius 3 is 2.69 bits per heavy atom. The second-order valence-corrected chi connectivity index (χ2v) is 6.07. The Morgan fingerprint density at radius 2 is 1.96 bits per heavy atom. The van der Waals surface area contributed by atoms with Crippen molar-refractivity contribution >= 4 is 28.5 Å². The summed E-state index contributed by atoms with van der Waals surface area (Å²) < 4.78 is 16.3. The highest BCUT2D eigenvalue weighted by Gasteiger charge is 2.20. The van der Waals surface area contributed by atoms with Crippen molar-refractivity contribution in [2.45, 2.75) is 13.8 Å². The molecule has 0 aliphatic heterocycles. The molecule has 1 heterocycles. The van der Waals surface area contributed by atoms with Crippen molar-refractivity contribution in [3.63, 3.8) is 0 Å². The molecule has 0 spiro atoms. The van der Waals surface area contributed by atoms with Crippen molar-refractivity contribution < 1.29 is 18.7 Å². The van der Waals surface area contributed by atoms with Gasteiger partial charge in [0.2, 0.25) is 11.2 Å². The molecule has 0 aliphatic carbocycles. The van der Waals surface area contributed by atoms with Crippen LogP contribution < -0.4 is 10.2 Å². The molecule has 1 aromatic heterocycles. The molecule has 134 valence electrons. The van der Waals surface area contributed by atoms with Gasteiger partial charge in [0.25, 0.3) is 0 Å². The summed E-state index contributed by atoms with van der Waals surface area (Å²) in [6.45, 7) is 3.43. The SMILES string of the molecule is CCOC(=O)COc1c(-c2ccccc2Cl)oc2cc(C)ccc2c1=O. The van der Waals surface area contributed by atoms with E-state index in [4.69, 9.17) is 25.5 Å². The Balaban J connectivity index is 2.19. The molecule has 5 nitrogen and oxygen atoms in total. The Kier molecular flexibility index (Phi) is 5.28. The highest BCUT2D eigenvalue weighted by molar-refractivity contribution is 6.33. The van der Waals surface area contributed by atoms with E-state index in [1.165, 1.54) is 0 Å². The summed E-state index contributed by atoms with van der Waals surface area (Å²) in [5.41, 5.74) is 1.51. The van der Waals surface area contributed by atoms with Crippen LogP contribution in [0.25, 0.3) is 22.3 Å². The van der Waals surface area contributed by atoms with Gasteiger partial charge in [-0.15, -0.1) is 0 Å². The fourth-order valence-corrected chi connectivity index (χ4v) is 2.79. The van der Waals surface area contributed by atoms with Crippen molar-refractivity contribution in [2.75, 3.05) is 13.2 Å². The van der Waals surface area contributed by atoms with E-state index >= 15 is 0 Å². The minimum atomic E-state index is -0.569. The van der Waals surface area contributed by atoms with E-state index in [0.717, 1.165) is 5.56 Å². The van der Waals surface area contributed by atoms with E-state index in [0.29, 0.717) is 21.6 Å². The van der Waals surface area contributed by atoms with Gasteiger partial charge in [0.1, 0.15) is 5.58 Å². The molecule has 3 aromatic rings. The average Bonchev–Trinajstić information content (AvgIpc) is 2.61. The number of carbonyl (C=O) groups excluding carboxylic acids is 1. The van der Waals surface area contributed by atoms with Crippen LogP contribution in [0.5, 0.6) is 5.75 Å². The lowest BCUT2D eigenvalue weighted by atomic mass is 10.1. The number of rotatable bonds is 5. The second-order valence-electron chi connectivity index (χ2n) is 5.66. The predicted molar refractivity (Wildman–Crippen MR) is 99.8 cm³/mol. The topological polar surface area (TPSA) is 65.7 Å².